The third kappa shape index (κ3) is 5.21. The van der Waals surface area contributed by atoms with Crippen LogP contribution in [0.2, 0.25) is 0 Å². The molecule has 0 aromatic heterocycles. The predicted molar refractivity (Wildman–Crippen MR) is 148 cm³/mol. The molecule has 2 unspecified atom stereocenters. The summed E-state index contributed by atoms with van der Waals surface area (Å²) in [5.74, 6) is 0.531. The van der Waals surface area contributed by atoms with E-state index in [2.05, 4.69) is 10.6 Å². The second kappa shape index (κ2) is 11.3. The minimum Gasteiger partial charge on any atom is -0.493 e. The first-order valence-corrected chi connectivity index (χ1v) is 13.9. The molecule has 9 heteroatoms. The number of carbonyl (C=O) groups excluding carboxylic acids is 3. The Kier molecular flexibility index (Phi) is 8.25. The number of rotatable bonds is 10. The molecule has 2 aromatic carbocycles. The number of hydrogen-bond acceptors (Lipinski definition) is 6. The number of hydrogen-bond donors (Lipinski definition) is 2. The van der Waals surface area contributed by atoms with Crippen LogP contribution in [0.5, 0.6) is 11.5 Å². The number of fused-ring (bicyclic) bond motifs is 3. The van der Waals surface area contributed by atoms with Crippen molar-refractivity contribution >= 4 is 29.5 Å². The van der Waals surface area contributed by atoms with E-state index in [1.54, 1.807) is 30.9 Å². The van der Waals surface area contributed by atoms with Crippen LogP contribution < -0.4 is 20.1 Å². The summed E-state index contributed by atoms with van der Waals surface area (Å²) in [6.45, 7) is 8.32. The number of amides is 3. The Morgan fingerprint density at radius 3 is 2.50 bits per heavy atom. The second-order valence-electron chi connectivity index (χ2n) is 10.4. The van der Waals surface area contributed by atoms with Gasteiger partial charge in [0, 0.05) is 16.9 Å². The lowest BCUT2D eigenvalue weighted by atomic mass is 9.95. The highest BCUT2D eigenvalue weighted by atomic mass is 32.2. The van der Waals surface area contributed by atoms with Gasteiger partial charge in [-0.05, 0) is 55.5 Å². The maximum atomic E-state index is 13.7. The van der Waals surface area contributed by atoms with Crippen molar-refractivity contribution in [3.8, 4) is 11.5 Å². The SMILES string of the molecule is CCC(C)[C@H](NC(=O)[C@H]1N2C(=O)c3ccccc3C2SC1(C)C)C(=O)NCCc1ccc(OC)c(OC)c1. The Morgan fingerprint density at radius 2 is 1.82 bits per heavy atom. The predicted octanol–water partition coefficient (Wildman–Crippen LogP) is 3.94. The monoisotopic (exact) mass is 539 g/mol. The van der Waals surface area contributed by atoms with Gasteiger partial charge in [-0.3, -0.25) is 14.4 Å². The van der Waals surface area contributed by atoms with Crippen LogP contribution in [-0.2, 0) is 16.0 Å². The fourth-order valence-corrected chi connectivity index (χ4v) is 6.80. The van der Waals surface area contributed by atoms with Crippen molar-refractivity contribution in [2.45, 2.75) is 62.7 Å². The number of methoxy groups -OCH3 is 2. The topological polar surface area (TPSA) is 97.0 Å². The highest BCUT2D eigenvalue weighted by Gasteiger charge is 2.57. The van der Waals surface area contributed by atoms with E-state index in [0.29, 0.717) is 36.4 Å². The number of nitrogens with zero attached hydrogens (tertiary/aromatic N) is 1. The van der Waals surface area contributed by atoms with E-state index in [1.807, 2.05) is 70.2 Å². The lowest BCUT2D eigenvalue weighted by molar-refractivity contribution is -0.132. The van der Waals surface area contributed by atoms with E-state index >= 15 is 0 Å². The molecule has 8 nitrogen and oxygen atoms in total. The van der Waals surface area contributed by atoms with Gasteiger partial charge in [0.15, 0.2) is 11.5 Å². The molecule has 0 aliphatic carbocycles. The maximum absolute atomic E-state index is 13.7. The molecule has 4 atom stereocenters. The maximum Gasteiger partial charge on any atom is 0.256 e. The molecular formula is C29H37N3O5S. The number of benzene rings is 2. The second-order valence-corrected chi connectivity index (χ2v) is 12.1. The van der Waals surface area contributed by atoms with Gasteiger partial charge >= 0.3 is 0 Å². The minimum atomic E-state index is -0.710. The van der Waals surface area contributed by atoms with Crippen LogP contribution in [0.4, 0.5) is 0 Å². The number of ether oxygens (including phenoxy) is 2. The standard InChI is InChI=1S/C29H37N3O5S/c1-7-17(2)23(25(33)30-15-14-18-12-13-21(36-5)22(16-18)37-6)31-26(34)24-29(3,4)38-28-20-11-9-8-10-19(20)27(35)32(24)28/h8-13,16-17,23-24,28H,7,14-15H2,1-6H3,(H,30,33)(H,31,34)/t17?,23-,24+,28?/m0/s1. The number of nitrogens with one attached hydrogen (secondary N) is 2. The smallest absolute Gasteiger partial charge is 0.256 e. The van der Waals surface area contributed by atoms with Crippen molar-refractivity contribution in [2.75, 3.05) is 20.8 Å². The third-order valence-electron chi connectivity index (χ3n) is 7.50. The van der Waals surface area contributed by atoms with Crippen LogP contribution in [0, 0.1) is 5.92 Å². The van der Waals surface area contributed by atoms with Crippen LogP contribution in [0.3, 0.4) is 0 Å². The molecule has 0 bridgehead atoms. The molecule has 3 amide bonds. The molecule has 0 radical (unpaired) electrons. The summed E-state index contributed by atoms with van der Waals surface area (Å²) in [7, 11) is 3.18. The van der Waals surface area contributed by atoms with Crippen molar-refractivity contribution in [1.82, 2.24) is 15.5 Å². The largest absolute Gasteiger partial charge is 0.493 e. The summed E-state index contributed by atoms with van der Waals surface area (Å²) in [5, 5.41) is 5.79. The van der Waals surface area contributed by atoms with Crippen LogP contribution in [0.1, 0.15) is 61.0 Å². The molecule has 4 rings (SSSR count). The molecule has 2 aromatic rings. The van der Waals surface area contributed by atoms with Gasteiger partial charge in [0.1, 0.15) is 17.5 Å². The minimum absolute atomic E-state index is 0.0838. The summed E-state index contributed by atoms with van der Waals surface area (Å²) in [6.07, 6.45) is 1.31. The lowest BCUT2D eigenvalue weighted by Gasteiger charge is -2.32. The molecule has 2 heterocycles. The van der Waals surface area contributed by atoms with Crippen LogP contribution in [0.15, 0.2) is 42.5 Å². The summed E-state index contributed by atoms with van der Waals surface area (Å²) in [6, 6.07) is 11.8. The fourth-order valence-electron chi connectivity index (χ4n) is 5.21. The first kappa shape index (κ1) is 27.8. The van der Waals surface area contributed by atoms with Crippen LogP contribution in [-0.4, -0.2) is 60.2 Å². The van der Waals surface area contributed by atoms with E-state index in [1.165, 1.54) is 0 Å². The molecule has 2 N–H and O–H groups in total. The van der Waals surface area contributed by atoms with E-state index in [4.69, 9.17) is 9.47 Å². The van der Waals surface area contributed by atoms with E-state index in [0.717, 1.165) is 11.1 Å². The molecule has 0 saturated carbocycles. The molecule has 1 saturated heterocycles. The lowest BCUT2D eigenvalue weighted by Crippen LogP contribution is -2.58. The van der Waals surface area contributed by atoms with Crippen molar-refractivity contribution in [3.05, 3.63) is 59.2 Å². The van der Waals surface area contributed by atoms with Crippen LogP contribution >= 0.6 is 11.8 Å². The van der Waals surface area contributed by atoms with Gasteiger partial charge in [0.05, 0.1) is 14.2 Å². The fraction of sp³-hybridized carbons (Fsp3) is 0.483. The first-order chi connectivity index (χ1) is 18.1. The van der Waals surface area contributed by atoms with E-state index in [-0.39, 0.29) is 29.0 Å². The van der Waals surface area contributed by atoms with E-state index < -0.39 is 16.8 Å². The summed E-state index contributed by atoms with van der Waals surface area (Å²) < 4.78 is 10.1. The first-order valence-electron chi connectivity index (χ1n) is 13.0. The Labute approximate surface area is 228 Å². The Balaban J connectivity index is 1.45. The zero-order valence-electron chi connectivity index (χ0n) is 22.9. The van der Waals surface area contributed by atoms with Gasteiger partial charge in [-0.1, -0.05) is 44.5 Å². The molecule has 38 heavy (non-hydrogen) atoms. The molecule has 2 aliphatic heterocycles. The normalized spacial score (nSPS) is 20.8. The Morgan fingerprint density at radius 1 is 1.11 bits per heavy atom. The average Bonchev–Trinajstić information content (AvgIpc) is 3.34. The number of carbonyl (C=O) groups is 3. The Hall–Kier alpha value is -3.20. The van der Waals surface area contributed by atoms with Gasteiger partial charge in [-0.25, -0.2) is 0 Å². The Bertz CT molecular complexity index is 1220. The van der Waals surface area contributed by atoms with Gasteiger partial charge in [-0.15, -0.1) is 11.8 Å². The van der Waals surface area contributed by atoms with Crippen molar-refractivity contribution in [3.63, 3.8) is 0 Å². The van der Waals surface area contributed by atoms with Gasteiger partial charge in [0.2, 0.25) is 11.8 Å². The highest BCUT2D eigenvalue weighted by Crippen LogP contribution is 2.56. The molecule has 2 aliphatic rings. The quantitative estimate of drug-likeness (QED) is 0.475. The van der Waals surface area contributed by atoms with Crippen molar-refractivity contribution < 1.29 is 23.9 Å². The summed E-state index contributed by atoms with van der Waals surface area (Å²) >= 11 is 1.61. The summed E-state index contributed by atoms with van der Waals surface area (Å²) in [5.41, 5.74) is 2.58. The summed E-state index contributed by atoms with van der Waals surface area (Å²) in [4.78, 5) is 42.0. The zero-order chi connectivity index (χ0) is 27.6. The van der Waals surface area contributed by atoms with Gasteiger partial charge in [-0.2, -0.15) is 0 Å². The molecule has 204 valence electrons. The van der Waals surface area contributed by atoms with Gasteiger partial charge in [0.25, 0.3) is 5.91 Å². The molecule has 0 spiro atoms. The van der Waals surface area contributed by atoms with E-state index in [9.17, 15) is 14.4 Å². The number of thioether (sulfide) groups is 1. The van der Waals surface area contributed by atoms with Crippen LogP contribution in [0.25, 0.3) is 0 Å². The highest BCUT2D eigenvalue weighted by molar-refractivity contribution is 8.01. The zero-order valence-corrected chi connectivity index (χ0v) is 23.7. The third-order valence-corrected chi connectivity index (χ3v) is 9.03. The average molecular weight is 540 g/mol. The van der Waals surface area contributed by atoms with Gasteiger partial charge < -0.3 is 25.0 Å². The van der Waals surface area contributed by atoms with Crippen molar-refractivity contribution in [2.24, 2.45) is 5.92 Å². The van der Waals surface area contributed by atoms with Crippen molar-refractivity contribution in [1.29, 1.82) is 0 Å². The molecule has 1 fully saturated rings. The molecular weight excluding hydrogens is 502 g/mol.